The minimum atomic E-state index is 0.0228. The Labute approximate surface area is 136 Å². The number of hydrogen-bond acceptors (Lipinski definition) is 4. The van der Waals surface area contributed by atoms with Gasteiger partial charge in [-0.3, -0.25) is 14.5 Å². The summed E-state index contributed by atoms with van der Waals surface area (Å²) < 4.78 is 7.35. The van der Waals surface area contributed by atoms with E-state index >= 15 is 0 Å². The standard InChI is InChI=1S/C16H24N4O3/c1-12-10-15-19(16(22)6-8-20(15)18-12)7-2-5-14(21)17-11-13-4-3-9-23-13/h10,13H,2-9,11H2,1H3,(H,17,21). The van der Waals surface area contributed by atoms with Gasteiger partial charge in [0, 0.05) is 38.6 Å². The van der Waals surface area contributed by atoms with Crippen LogP contribution in [0.4, 0.5) is 5.82 Å². The van der Waals surface area contributed by atoms with E-state index in [1.807, 2.05) is 17.7 Å². The number of carbonyl (C=O) groups excluding carboxylic acids is 2. The molecule has 1 N–H and O–H groups in total. The van der Waals surface area contributed by atoms with Crippen molar-refractivity contribution in [1.82, 2.24) is 15.1 Å². The number of hydrogen-bond donors (Lipinski definition) is 1. The Morgan fingerprint density at radius 2 is 2.39 bits per heavy atom. The third-order valence-corrected chi connectivity index (χ3v) is 4.33. The van der Waals surface area contributed by atoms with Crippen molar-refractivity contribution in [2.75, 3.05) is 24.6 Å². The van der Waals surface area contributed by atoms with Gasteiger partial charge in [0.05, 0.1) is 18.3 Å². The number of carbonyl (C=O) groups is 2. The van der Waals surface area contributed by atoms with E-state index in [1.165, 1.54) is 0 Å². The third kappa shape index (κ3) is 3.90. The molecule has 3 rings (SSSR count). The van der Waals surface area contributed by atoms with E-state index < -0.39 is 0 Å². The highest BCUT2D eigenvalue weighted by Gasteiger charge is 2.25. The van der Waals surface area contributed by atoms with Gasteiger partial charge in [-0.2, -0.15) is 5.10 Å². The predicted octanol–water partition coefficient (Wildman–Crippen LogP) is 1.00. The van der Waals surface area contributed by atoms with Gasteiger partial charge in [0.25, 0.3) is 0 Å². The third-order valence-electron chi connectivity index (χ3n) is 4.33. The second-order valence-electron chi connectivity index (χ2n) is 6.21. The van der Waals surface area contributed by atoms with Gasteiger partial charge in [-0.1, -0.05) is 0 Å². The average molecular weight is 320 g/mol. The molecular weight excluding hydrogens is 296 g/mol. The van der Waals surface area contributed by atoms with Crippen LogP contribution < -0.4 is 10.2 Å². The van der Waals surface area contributed by atoms with Crippen LogP contribution in [-0.4, -0.2) is 47.4 Å². The Bertz CT molecular complexity index is 578. The molecule has 0 bridgehead atoms. The lowest BCUT2D eigenvalue weighted by molar-refractivity contribution is -0.122. The average Bonchev–Trinajstić information content (AvgIpc) is 3.16. The van der Waals surface area contributed by atoms with Crippen molar-refractivity contribution in [2.45, 2.75) is 51.7 Å². The molecule has 126 valence electrons. The number of nitrogens with zero attached hydrogens (tertiary/aromatic N) is 3. The van der Waals surface area contributed by atoms with Gasteiger partial charge in [0.2, 0.25) is 11.8 Å². The molecule has 7 nitrogen and oxygen atoms in total. The van der Waals surface area contributed by atoms with Gasteiger partial charge >= 0.3 is 0 Å². The quantitative estimate of drug-likeness (QED) is 0.848. The molecule has 1 fully saturated rings. The second-order valence-corrected chi connectivity index (χ2v) is 6.21. The zero-order valence-electron chi connectivity index (χ0n) is 13.6. The summed E-state index contributed by atoms with van der Waals surface area (Å²) in [6, 6.07) is 1.93. The maximum Gasteiger partial charge on any atom is 0.229 e. The zero-order chi connectivity index (χ0) is 16.2. The fourth-order valence-corrected chi connectivity index (χ4v) is 3.14. The van der Waals surface area contributed by atoms with Crippen LogP contribution in [-0.2, 0) is 20.9 Å². The molecule has 0 spiro atoms. The smallest absolute Gasteiger partial charge is 0.229 e. The van der Waals surface area contributed by atoms with Gasteiger partial charge < -0.3 is 10.1 Å². The molecule has 7 heteroatoms. The fourth-order valence-electron chi connectivity index (χ4n) is 3.14. The molecule has 1 unspecified atom stereocenters. The van der Waals surface area contributed by atoms with Gasteiger partial charge in [0.1, 0.15) is 5.82 Å². The first kappa shape index (κ1) is 16.0. The van der Waals surface area contributed by atoms with E-state index in [1.54, 1.807) is 4.90 Å². The lowest BCUT2D eigenvalue weighted by Crippen LogP contribution is -2.39. The molecule has 2 aliphatic heterocycles. The van der Waals surface area contributed by atoms with Crippen molar-refractivity contribution in [3.63, 3.8) is 0 Å². The lowest BCUT2D eigenvalue weighted by Gasteiger charge is -2.27. The van der Waals surface area contributed by atoms with Crippen molar-refractivity contribution in [3.8, 4) is 0 Å². The van der Waals surface area contributed by atoms with E-state index in [-0.39, 0.29) is 17.9 Å². The maximum atomic E-state index is 12.1. The number of anilines is 1. The normalized spacial score (nSPS) is 20.7. The molecule has 1 aromatic rings. The summed E-state index contributed by atoms with van der Waals surface area (Å²) in [5.41, 5.74) is 0.911. The summed E-state index contributed by atoms with van der Waals surface area (Å²) >= 11 is 0. The number of ether oxygens (including phenoxy) is 1. The van der Waals surface area contributed by atoms with Crippen molar-refractivity contribution in [3.05, 3.63) is 11.8 Å². The summed E-state index contributed by atoms with van der Waals surface area (Å²) in [6.07, 6.45) is 3.80. The first-order valence-corrected chi connectivity index (χ1v) is 8.36. The van der Waals surface area contributed by atoms with E-state index in [0.29, 0.717) is 38.9 Å². The summed E-state index contributed by atoms with van der Waals surface area (Å²) in [4.78, 5) is 25.7. The molecule has 0 aromatic carbocycles. The Hall–Kier alpha value is -1.89. The number of aromatic nitrogens is 2. The minimum absolute atomic E-state index is 0.0228. The number of amides is 2. The van der Waals surface area contributed by atoms with Crippen LogP contribution in [0.25, 0.3) is 0 Å². The van der Waals surface area contributed by atoms with E-state index in [2.05, 4.69) is 10.4 Å². The molecule has 3 heterocycles. The van der Waals surface area contributed by atoms with Gasteiger partial charge in [-0.15, -0.1) is 0 Å². The van der Waals surface area contributed by atoms with Gasteiger partial charge in [0.15, 0.2) is 0 Å². The zero-order valence-corrected chi connectivity index (χ0v) is 13.6. The van der Waals surface area contributed by atoms with Crippen LogP contribution in [0.3, 0.4) is 0 Å². The molecule has 1 saturated heterocycles. The number of rotatable bonds is 6. The molecule has 0 radical (unpaired) electrons. The van der Waals surface area contributed by atoms with Gasteiger partial charge in [-0.05, 0) is 26.2 Å². The number of nitrogens with one attached hydrogen (secondary N) is 1. The predicted molar refractivity (Wildman–Crippen MR) is 85.2 cm³/mol. The Balaban J connectivity index is 1.44. The van der Waals surface area contributed by atoms with Crippen LogP contribution >= 0.6 is 0 Å². The summed E-state index contributed by atoms with van der Waals surface area (Å²) in [7, 11) is 0. The van der Waals surface area contributed by atoms with E-state index in [9.17, 15) is 9.59 Å². The number of fused-ring (bicyclic) bond motifs is 1. The molecule has 1 aromatic heterocycles. The van der Waals surface area contributed by atoms with Crippen molar-refractivity contribution in [2.24, 2.45) is 0 Å². The van der Waals surface area contributed by atoms with Crippen molar-refractivity contribution in [1.29, 1.82) is 0 Å². The van der Waals surface area contributed by atoms with Crippen LogP contribution in [0, 0.1) is 6.92 Å². The van der Waals surface area contributed by atoms with Crippen LogP contribution in [0.5, 0.6) is 0 Å². The van der Waals surface area contributed by atoms with Crippen molar-refractivity contribution >= 4 is 17.6 Å². The SMILES string of the molecule is Cc1cc2n(n1)CCC(=O)N2CCCC(=O)NCC1CCCO1. The lowest BCUT2D eigenvalue weighted by atomic mass is 10.2. The maximum absolute atomic E-state index is 12.1. The summed E-state index contributed by atoms with van der Waals surface area (Å²) in [6.45, 7) is 4.50. The summed E-state index contributed by atoms with van der Waals surface area (Å²) in [5, 5.41) is 7.29. The van der Waals surface area contributed by atoms with E-state index in [0.717, 1.165) is 31.0 Å². The first-order valence-electron chi connectivity index (χ1n) is 8.36. The highest BCUT2D eigenvalue weighted by molar-refractivity contribution is 5.93. The molecular formula is C16H24N4O3. The van der Waals surface area contributed by atoms with Gasteiger partial charge in [-0.25, -0.2) is 4.68 Å². The van der Waals surface area contributed by atoms with Crippen LogP contribution in [0.2, 0.25) is 0 Å². The first-order chi connectivity index (χ1) is 11.1. The highest BCUT2D eigenvalue weighted by Crippen LogP contribution is 2.22. The highest BCUT2D eigenvalue weighted by atomic mass is 16.5. The largest absolute Gasteiger partial charge is 0.376 e. The topological polar surface area (TPSA) is 76.5 Å². The Morgan fingerprint density at radius 3 is 3.17 bits per heavy atom. The Kier molecular flexibility index (Phi) is 4.95. The molecule has 23 heavy (non-hydrogen) atoms. The summed E-state index contributed by atoms with van der Waals surface area (Å²) in [5.74, 6) is 0.977. The molecule has 1 atom stereocenters. The fraction of sp³-hybridized carbons (Fsp3) is 0.688. The molecule has 2 aliphatic rings. The second kappa shape index (κ2) is 7.12. The molecule has 2 amide bonds. The molecule has 0 aliphatic carbocycles. The number of aryl methyl sites for hydroxylation is 2. The Morgan fingerprint density at radius 1 is 1.52 bits per heavy atom. The van der Waals surface area contributed by atoms with E-state index in [4.69, 9.17) is 4.74 Å². The van der Waals surface area contributed by atoms with Crippen LogP contribution in [0.15, 0.2) is 6.07 Å². The minimum Gasteiger partial charge on any atom is -0.376 e. The monoisotopic (exact) mass is 320 g/mol. The van der Waals surface area contributed by atoms with Crippen molar-refractivity contribution < 1.29 is 14.3 Å². The molecule has 0 saturated carbocycles. The van der Waals surface area contributed by atoms with Crippen LogP contribution in [0.1, 0.15) is 37.8 Å².